The minimum absolute atomic E-state index is 0.0422. The van der Waals surface area contributed by atoms with E-state index >= 15 is 0 Å². The van der Waals surface area contributed by atoms with E-state index in [4.69, 9.17) is 4.74 Å². The lowest BCUT2D eigenvalue weighted by Crippen LogP contribution is -2.51. The fraction of sp³-hybridized carbons (Fsp3) is 0.684. The van der Waals surface area contributed by atoms with Crippen LogP contribution in [0.1, 0.15) is 37.0 Å². The van der Waals surface area contributed by atoms with E-state index in [0.29, 0.717) is 24.1 Å². The van der Waals surface area contributed by atoms with Gasteiger partial charge in [0.25, 0.3) is 5.91 Å². The summed E-state index contributed by atoms with van der Waals surface area (Å²) in [7, 11) is 0. The number of nitrogens with one attached hydrogen (secondary N) is 1. The van der Waals surface area contributed by atoms with Crippen LogP contribution in [0.3, 0.4) is 0 Å². The molecule has 3 rings (SSSR count). The highest BCUT2D eigenvalue weighted by Crippen LogP contribution is 2.18. The summed E-state index contributed by atoms with van der Waals surface area (Å²) in [5.74, 6) is 1.41. The predicted octanol–water partition coefficient (Wildman–Crippen LogP) is 1.77. The monoisotopic (exact) mass is 346 g/mol. The number of rotatable bonds is 6. The van der Waals surface area contributed by atoms with Crippen LogP contribution in [-0.4, -0.2) is 67.8 Å². The number of carbonyl (C=O) groups excluding carboxylic acids is 1. The second-order valence-corrected chi connectivity index (χ2v) is 7.27. The average molecular weight is 346 g/mol. The third-order valence-electron chi connectivity index (χ3n) is 5.20. The lowest BCUT2D eigenvalue weighted by atomic mass is 10.0. The number of carbonyl (C=O) groups is 1. The van der Waals surface area contributed by atoms with Crippen molar-refractivity contribution in [1.29, 1.82) is 0 Å². The Bertz CT molecular complexity index is 549. The topological polar surface area (TPSA) is 57.7 Å². The van der Waals surface area contributed by atoms with Crippen molar-refractivity contribution in [2.75, 3.05) is 50.8 Å². The van der Waals surface area contributed by atoms with E-state index in [0.717, 1.165) is 45.2 Å². The number of anilines is 1. The van der Waals surface area contributed by atoms with Crippen molar-refractivity contribution in [3.05, 3.63) is 23.9 Å². The molecule has 6 heteroatoms. The molecule has 2 fully saturated rings. The van der Waals surface area contributed by atoms with Crippen molar-refractivity contribution in [2.24, 2.45) is 5.92 Å². The first kappa shape index (κ1) is 18.1. The molecular formula is C19H30N4O2. The van der Waals surface area contributed by atoms with Crippen LogP contribution >= 0.6 is 0 Å². The maximum Gasteiger partial charge on any atom is 0.252 e. The molecule has 1 aromatic heterocycles. The zero-order chi connectivity index (χ0) is 17.6. The summed E-state index contributed by atoms with van der Waals surface area (Å²) in [6.45, 7) is 10.6. The van der Waals surface area contributed by atoms with Gasteiger partial charge in [0.2, 0.25) is 0 Å². The van der Waals surface area contributed by atoms with E-state index in [9.17, 15) is 4.79 Å². The molecule has 0 spiro atoms. The Kier molecular flexibility index (Phi) is 6.26. The maximum atomic E-state index is 12.5. The zero-order valence-electron chi connectivity index (χ0n) is 15.4. The van der Waals surface area contributed by atoms with Gasteiger partial charge >= 0.3 is 0 Å². The Hall–Kier alpha value is -1.66. The number of hydrogen-bond donors (Lipinski definition) is 1. The molecule has 0 aliphatic carbocycles. The fourth-order valence-corrected chi connectivity index (χ4v) is 3.65. The standard InChI is InChI=1S/C19H30N4O2/c1-15(2)17(22-9-11-25-12-10-22)14-21-19(24)16-5-6-18(20-13-16)23-7-3-4-8-23/h5-6,13,15,17H,3-4,7-12,14H2,1-2H3,(H,21,24)/t17-/m1/s1. The smallest absolute Gasteiger partial charge is 0.252 e. The molecule has 1 atom stereocenters. The Morgan fingerprint density at radius 1 is 1.20 bits per heavy atom. The van der Waals surface area contributed by atoms with Gasteiger partial charge in [-0.3, -0.25) is 9.69 Å². The second-order valence-electron chi connectivity index (χ2n) is 7.27. The largest absolute Gasteiger partial charge is 0.379 e. The third kappa shape index (κ3) is 4.70. The van der Waals surface area contributed by atoms with E-state index in [-0.39, 0.29) is 5.91 Å². The lowest BCUT2D eigenvalue weighted by Gasteiger charge is -2.36. The summed E-state index contributed by atoms with van der Waals surface area (Å²) in [4.78, 5) is 21.6. The second kappa shape index (κ2) is 8.63. The van der Waals surface area contributed by atoms with E-state index in [1.807, 2.05) is 12.1 Å². The van der Waals surface area contributed by atoms with Gasteiger partial charge in [-0.2, -0.15) is 0 Å². The first-order valence-electron chi connectivity index (χ1n) is 9.46. The van der Waals surface area contributed by atoms with Gasteiger partial charge in [-0.25, -0.2) is 4.98 Å². The Balaban J connectivity index is 1.55. The molecule has 0 bridgehead atoms. The van der Waals surface area contributed by atoms with Gasteiger partial charge in [-0.15, -0.1) is 0 Å². The van der Waals surface area contributed by atoms with Crippen LogP contribution in [-0.2, 0) is 4.74 Å². The van der Waals surface area contributed by atoms with Crippen LogP contribution in [0, 0.1) is 5.92 Å². The number of nitrogens with zero attached hydrogens (tertiary/aromatic N) is 3. The molecule has 3 heterocycles. The first-order chi connectivity index (χ1) is 12.1. The van der Waals surface area contributed by atoms with Crippen LogP contribution in [0.4, 0.5) is 5.82 Å². The molecule has 138 valence electrons. The highest BCUT2D eigenvalue weighted by molar-refractivity contribution is 5.94. The van der Waals surface area contributed by atoms with Crippen LogP contribution in [0.25, 0.3) is 0 Å². The molecule has 0 saturated carbocycles. The van der Waals surface area contributed by atoms with Gasteiger partial charge < -0.3 is 15.0 Å². The summed E-state index contributed by atoms with van der Waals surface area (Å²) in [6.07, 6.45) is 4.15. The van der Waals surface area contributed by atoms with Gasteiger partial charge in [0, 0.05) is 45.0 Å². The molecule has 2 saturated heterocycles. The Labute approximate surface area is 150 Å². The normalized spacial score (nSPS) is 20.0. The molecule has 2 aliphatic rings. The minimum Gasteiger partial charge on any atom is -0.379 e. The van der Waals surface area contributed by atoms with Gasteiger partial charge in [-0.05, 0) is 30.9 Å². The van der Waals surface area contributed by atoms with Gasteiger partial charge in [-0.1, -0.05) is 13.8 Å². The Morgan fingerprint density at radius 3 is 2.52 bits per heavy atom. The molecule has 1 aromatic rings. The van der Waals surface area contributed by atoms with Crippen molar-refractivity contribution in [2.45, 2.75) is 32.7 Å². The van der Waals surface area contributed by atoms with Crippen LogP contribution in [0.5, 0.6) is 0 Å². The van der Waals surface area contributed by atoms with Crippen LogP contribution < -0.4 is 10.2 Å². The number of pyridine rings is 1. The quantitative estimate of drug-likeness (QED) is 0.851. The fourth-order valence-electron chi connectivity index (χ4n) is 3.65. The number of aromatic nitrogens is 1. The van der Waals surface area contributed by atoms with Crippen molar-refractivity contribution < 1.29 is 9.53 Å². The van der Waals surface area contributed by atoms with Gasteiger partial charge in [0.1, 0.15) is 5.82 Å². The number of ether oxygens (including phenoxy) is 1. The molecule has 1 amide bonds. The maximum absolute atomic E-state index is 12.5. The predicted molar refractivity (Wildman–Crippen MR) is 99.0 cm³/mol. The van der Waals surface area contributed by atoms with Crippen LogP contribution in [0.15, 0.2) is 18.3 Å². The molecule has 0 radical (unpaired) electrons. The molecule has 1 N–H and O–H groups in total. The third-order valence-corrected chi connectivity index (χ3v) is 5.20. The summed E-state index contributed by atoms with van der Waals surface area (Å²) >= 11 is 0. The highest BCUT2D eigenvalue weighted by atomic mass is 16.5. The van der Waals surface area contributed by atoms with Gasteiger partial charge in [0.05, 0.1) is 18.8 Å². The lowest BCUT2D eigenvalue weighted by molar-refractivity contribution is 0.00672. The van der Waals surface area contributed by atoms with E-state index < -0.39 is 0 Å². The SMILES string of the molecule is CC(C)[C@@H](CNC(=O)c1ccc(N2CCCC2)nc1)N1CCOCC1. The highest BCUT2D eigenvalue weighted by Gasteiger charge is 2.24. The van der Waals surface area contributed by atoms with E-state index in [1.165, 1.54) is 12.8 Å². The molecule has 2 aliphatic heterocycles. The minimum atomic E-state index is -0.0422. The van der Waals surface area contributed by atoms with E-state index in [1.54, 1.807) is 6.20 Å². The molecular weight excluding hydrogens is 316 g/mol. The summed E-state index contributed by atoms with van der Waals surface area (Å²) in [6, 6.07) is 4.18. The first-order valence-corrected chi connectivity index (χ1v) is 9.46. The Morgan fingerprint density at radius 2 is 1.92 bits per heavy atom. The molecule has 25 heavy (non-hydrogen) atoms. The van der Waals surface area contributed by atoms with Crippen LogP contribution in [0.2, 0.25) is 0 Å². The summed E-state index contributed by atoms with van der Waals surface area (Å²) < 4.78 is 5.44. The molecule has 0 unspecified atom stereocenters. The zero-order valence-corrected chi connectivity index (χ0v) is 15.4. The molecule has 0 aromatic carbocycles. The number of amides is 1. The summed E-state index contributed by atoms with van der Waals surface area (Å²) in [5, 5.41) is 3.09. The van der Waals surface area contributed by atoms with E-state index in [2.05, 4.69) is 33.9 Å². The van der Waals surface area contributed by atoms with Crippen molar-refractivity contribution in [1.82, 2.24) is 15.2 Å². The van der Waals surface area contributed by atoms with Gasteiger partial charge in [0.15, 0.2) is 0 Å². The van der Waals surface area contributed by atoms with Crippen molar-refractivity contribution in [3.63, 3.8) is 0 Å². The van der Waals surface area contributed by atoms with Crippen molar-refractivity contribution >= 4 is 11.7 Å². The number of hydrogen-bond acceptors (Lipinski definition) is 5. The number of morpholine rings is 1. The summed E-state index contributed by atoms with van der Waals surface area (Å²) in [5.41, 5.74) is 0.632. The van der Waals surface area contributed by atoms with Crippen molar-refractivity contribution in [3.8, 4) is 0 Å². The molecule has 6 nitrogen and oxygen atoms in total. The average Bonchev–Trinajstić information content (AvgIpc) is 3.17.